The van der Waals surface area contributed by atoms with Crippen LogP contribution in [-0.4, -0.2) is 22.0 Å². The molecular formula is C16H22N2O3. The molecule has 0 unspecified atom stereocenters. The first kappa shape index (κ1) is 15.4. The second-order valence-electron chi connectivity index (χ2n) is 4.96. The molecule has 2 aromatic rings. The van der Waals surface area contributed by atoms with Gasteiger partial charge in [0.2, 0.25) is 0 Å². The molecule has 114 valence electrons. The molecule has 0 saturated carbocycles. The Morgan fingerprint density at radius 3 is 2.71 bits per heavy atom. The zero-order chi connectivity index (χ0) is 15.4. The first-order chi connectivity index (χ1) is 10.0. The van der Waals surface area contributed by atoms with Crippen molar-refractivity contribution in [3.05, 3.63) is 41.2 Å². The maximum Gasteiger partial charge on any atom is 0.130 e. The van der Waals surface area contributed by atoms with E-state index in [2.05, 4.69) is 5.10 Å². The van der Waals surface area contributed by atoms with Gasteiger partial charge in [-0.1, -0.05) is 0 Å². The molecule has 1 N–H and O–H groups in total. The third-order valence-electron chi connectivity index (χ3n) is 3.33. The zero-order valence-corrected chi connectivity index (χ0v) is 13.0. The van der Waals surface area contributed by atoms with E-state index in [0.717, 1.165) is 23.5 Å². The fraction of sp³-hybridized carbons (Fsp3) is 0.438. The molecule has 0 spiro atoms. The third-order valence-corrected chi connectivity index (χ3v) is 3.33. The largest absolute Gasteiger partial charge is 0.497 e. The Kier molecular flexibility index (Phi) is 4.85. The van der Waals surface area contributed by atoms with Gasteiger partial charge < -0.3 is 14.6 Å². The predicted molar refractivity (Wildman–Crippen MR) is 80.6 cm³/mol. The van der Waals surface area contributed by atoms with Crippen molar-refractivity contribution in [1.82, 2.24) is 9.78 Å². The average Bonchev–Trinajstić information content (AvgIpc) is 2.84. The van der Waals surface area contributed by atoms with Crippen LogP contribution in [0.5, 0.6) is 11.5 Å². The van der Waals surface area contributed by atoms with Gasteiger partial charge in [0, 0.05) is 18.2 Å². The van der Waals surface area contributed by atoms with Gasteiger partial charge in [0.1, 0.15) is 18.1 Å². The maximum atomic E-state index is 9.83. The van der Waals surface area contributed by atoms with Gasteiger partial charge >= 0.3 is 0 Å². The smallest absolute Gasteiger partial charge is 0.130 e. The molecule has 0 fully saturated rings. The van der Waals surface area contributed by atoms with Crippen LogP contribution in [-0.2, 0) is 13.2 Å². The maximum absolute atomic E-state index is 9.83. The number of methoxy groups -OCH3 is 1. The van der Waals surface area contributed by atoms with Crippen LogP contribution in [0.1, 0.15) is 36.9 Å². The molecule has 0 amide bonds. The minimum absolute atomic E-state index is 0.404. The first-order valence-corrected chi connectivity index (χ1v) is 7.07. The second-order valence-corrected chi connectivity index (χ2v) is 4.96. The molecule has 0 aliphatic carbocycles. The van der Waals surface area contributed by atoms with Crippen LogP contribution in [0.3, 0.4) is 0 Å². The van der Waals surface area contributed by atoms with Gasteiger partial charge in [0.05, 0.1) is 24.6 Å². The van der Waals surface area contributed by atoms with E-state index < -0.39 is 6.10 Å². The lowest BCUT2D eigenvalue weighted by molar-refractivity contribution is 0.189. The number of ether oxygens (including phenoxy) is 2. The van der Waals surface area contributed by atoms with E-state index in [1.165, 1.54) is 0 Å². The van der Waals surface area contributed by atoms with Gasteiger partial charge in [-0.2, -0.15) is 5.10 Å². The Hall–Kier alpha value is -2.01. The van der Waals surface area contributed by atoms with Gasteiger partial charge in [-0.25, -0.2) is 0 Å². The fourth-order valence-corrected chi connectivity index (χ4v) is 2.25. The number of hydrogen-bond acceptors (Lipinski definition) is 4. The normalized spacial score (nSPS) is 12.2. The average molecular weight is 290 g/mol. The van der Waals surface area contributed by atoms with Crippen LogP contribution in [0, 0.1) is 6.92 Å². The van der Waals surface area contributed by atoms with Crippen molar-refractivity contribution in [3.63, 3.8) is 0 Å². The highest BCUT2D eigenvalue weighted by molar-refractivity contribution is 5.41. The Bertz CT molecular complexity index is 606. The van der Waals surface area contributed by atoms with E-state index in [-0.39, 0.29) is 0 Å². The number of nitrogens with zero attached hydrogens (tertiary/aromatic N) is 2. The molecular weight excluding hydrogens is 268 g/mol. The summed E-state index contributed by atoms with van der Waals surface area (Å²) in [6, 6.07) is 7.43. The topological polar surface area (TPSA) is 56.5 Å². The van der Waals surface area contributed by atoms with Crippen LogP contribution >= 0.6 is 0 Å². The fourth-order valence-electron chi connectivity index (χ4n) is 2.25. The standard InChI is InChI=1S/C16H22N2O3/c1-5-18-13(8-11(2)17-18)10-21-16-9-14(20-4)6-7-15(16)12(3)19/h6-9,12,19H,5,10H2,1-4H3/t12-/m0/s1. The van der Waals surface area contributed by atoms with Gasteiger partial charge in [-0.3, -0.25) is 4.68 Å². The van der Waals surface area contributed by atoms with Gasteiger partial charge in [-0.05, 0) is 39.0 Å². The van der Waals surface area contributed by atoms with E-state index >= 15 is 0 Å². The first-order valence-electron chi connectivity index (χ1n) is 7.07. The predicted octanol–water partition coefficient (Wildman–Crippen LogP) is 2.85. The highest BCUT2D eigenvalue weighted by Crippen LogP contribution is 2.30. The van der Waals surface area contributed by atoms with E-state index in [0.29, 0.717) is 18.1 Å². The number of aromatic nitrogens is 2. The lowest BCUT2D eigenvalue weighted by Crippen LogP contribution is -2.07. The monoisotopic (exact) mass is 290 g/mol. The summed E-state index contributed by atoms with van der Waals surface area (Å²) in [6.07, 6.45) is -0.594. The molecule has 0 bridgehead atoms. The molecule has 1 atom stereocenters. The summed E-state index contributed by atoms with van der Waals surface area (Å²) in [5.74, 6) is 1.33. The molecule has 2 rings (SSSR count). The number of aryl methyl sites for hydroxylation is 2. The summed E-state index contributed by atoms with van der Waals surface area (Å²) >= 11 is 0. The van der Waals surface area contributed by atoms with Crippen molar-refractivity contribution < 1.29 is 14.6 Å². The van der Waals surface area contributed by atoms with Crippen LogP contribution in [0.25, 0.3) is 0 Å². The third kappa shape index (κ3) is 3.55. The highest BCUT2D eigenvalue weighted by atomic mass is 16.5. The van der Waals surface area contributed by atoms with Crippen molar-refractivity contribution in [1.29, 1.82) is 0 Å². The molecule has 1 aromatic heterocycles. The van der Waals surface area contributed by atoms with Gasteiger partial charge in [-0.15, -0.1) is 0 Å². The van der Waals surface area contributed by atoms with Gasteiger partial charge in [0.25, 0.3) is 0 Å². The summed E-state index contributed by atoms with van der Waals surface area (Å²) < 4.78 is 13.0. The van der Waals surface area contributed by atoms with Crippen LogP contribution < -0.4 is 9.47 Å². The van der Waals surface area contributed by atoms with Crippen molar-refractivity contribution in [3.8, 4) is 11.5 Å². The molecule has 21 heavy (non-hydrogen) atoms. The lowest BCUT2D eigenvalue weighted by Gasteiger charge is -2.15. The molecule has 0 radical (unpaired) electrons. The Morgan fingerprint density at radius 2 is 2.10 bits per heavy atom. The number of hydrogen-bond donors (Lipinski definition) is 1. The summed E-state index contributed by atoms with van der Waals surface area (Å²) in [6.45, 7) is 6.93. The van der Waals surface area contributed by atoms with Crippen LogP contribution in [0.15, 0.2) is 24.3 Å². The minimum Gasteiger partial charge on any atom is -0.497 e. The van der Waals surface area contributed by atoms with Crippen molar-refractivity contribution in [2.75, 3.05) is 7.11 Å². The zero-order valence-electron chi connectivity index (χ0n) is 13.0. The quantitative estimate of drug-likeness (QED) is 0.889. The summed E-state index contributed by atoms with van der Waals surface area (Å²) in [7, 11) is 1.61. The molecule has 5 heteroatoms. The number of benzene rings is 1. The summed E-state index contributed by atoms with van der Waals surface area (Å²) in [5.41, 5.74) is 2.72. The number of rotatable bonds is 6. The number of aliphatic hydroxyl groups excluding tert-OH is 1. The van der Waals surface area contributed by atoms with Crippen molar-refractivity contribution in [2.45, 2.75) is 40.0 Å². The van der Waals surface area contributed by atoms with E-state index in [4.69, 9.17) is 9.47 Å². The van der Waals surface area contributed by atoms with Gasteiger partial charge in [0.15, 0.2) is 0 Å². The summed E-state index contributed by atoms with van der Waals surface area (Å²) in [4.78, 5) is 0. The van der Waals surface area contributed by atoms with E-state index in [1.807, 2.05) is 36.7 Å². The second kappa shape index (κ2) is 6.63. The highest BCUT2D eigenvalue weighted by Gasteiger charge is 2.12. The number of aliphatic hydroxyl groups is 1. The van der Waals surface area contributed by atoms with Crippen LogP contribution in [0.2, 0.25) is 0 Å². The molecule has 1 aromatic carbocycles. The lowest BCUT2D eigenvalue weighted by atomic mass is 10.1. The Labute approximate surface area is 125 Å². The molecule has 1 heterocycles. The molecule has 0 aliphatic rings. The molecule has 5 nitrogen and oxygen atoms in total. The molecule has 0 aliphatic heterocycles. The van der Waals surface area contributed by atoms with Crippen LogP contribution in [0.4, 0.5) is 0 Å². The molecule has 0 saturated heterocycles. The van der Waals surface area contributed by atoms with E-state index in [9.17, 15) is 5.11 Å². The summed E-state index contributed by atoms with van der Waals surface area (Å²) in [5, 5.41) is 14.2. The van der Waals surface area contributed by atoms with Crippen molar-refractivity contribution >= 4 is 0 Å². The van der Waals surface area contributed by atoms with E-state index in [1.54, 1.807) is 20.1 Å². The Morgan fingerprint density at radius 1 is 1.33 bits per heavy atom. The SMILES string of the molecule is CCn1nc(C)cc1COc1cc(OC)ccc1[C@H](C)O. The van der Waals surface area contributed by atoms with Crippen molar-refractivity contribution in [2.24, 2.45) is 0 Å². The Balaban J connectivity index is 2.21. The minimum atomic E-state index is -0.594.